The van der Waals surface area contributed by atoms with Gasteiger partial charge in [0, 0.05) is 38.3 Å². The first-order chi connectivity index (χ1) is 28.1. The summed E-state index contributed by atoms with van der Waals surface area (Å²) in [4.78, 5) is 3.68. The van der Waals surface area contributed by atoms with Crippen molar-refractivity contribution in [1.82, 2.24) is 13.7 Å². The topological polar surface area (TPSA) is 66.7 Å². The fraction of sp³-hybridized carbons (Fsp3) is 0. The van der Waals surface area contributed by atoms with Gasteiger partial charge in [0.2, 0.25) is 0 Å². The molecule has 0 unspecified atom stereocenters. The maximum atomic E-state index is 10.5. The molecule has 57 heavy (non-hydrogen) atoms. The summed E-state index contributed by atoms with van der Waals surface area (Å²) >= 11 is 0. The fourth-order valence-electron chi connectivity index (χ4n) is 8.83. The SMILES string of the molecule is [C-]#[N+]c1ccc2c(c1)c1ccccc1n2-c1ccc(-c2cc(C#N)cc(-n3c4ccc(C#N)cc4c4cccc(-n5c6ccccc6c6ccccc65)c43)c2)cc1. The summed E-state index contributed by atoms with van der Waals surface area (Å²) in [7, 11) is 0. The standard InChI is InChI=1S/C51H28N6/c1-54-36-20-24-48-44(29-36)41-11-4-5-13-45(41)55(48)37-21-18-34(19-22-37)35-25-33(31-53)26-38(28-35)56-49-23-17-32(30-52)27-43(49)42-12-8-16-50(51(42)56)57-46-14-6-2-9-39(46)40-10-3-7-15-47(40)57/h2-29H. The van der Waals surface area contributed by atoms with E-state index in [2.05, 4.69) is 140 Å². The zero-order chi connectivity index (χ0) is 38.2. The van der Waals surface area contributed by atoms with E-state index in [4.69, 9.17) is 6.57 Å². The lowest BCUT2D eigenvalue weighted by Gasteiger charge is -2.16. The quantitative estimate of drug-likeness (QED) is 0.170. The Morgan fingerprint density at radius 1 is 0.404 bits per heavy atom. The molecule has 0 amide bonds. The third-order valence-electron chi connectivity index (χ3n) is 11.3. The Balaban J connectivity index is 1.14. The zero-order valence-electron chi connectivity index (χ0n) is 30.3. The van der Waals surface area contributed by atoms with Gasteiger partial charge in [-0.25, -0.2) is 4.85 Å². The van der Waals surface area contributed by atoms with E-state index in [9.17, 15) is 10.5 Å². The molecule has 0 saturated carbocycles. The van der Waals surface area contributed by atoms with E-state index in [1.807, 2.05) is 60.7 Å². The summed E-state index contributed by atoms with van der Waals surface area (Å²) in [5.74, 6) is 0. The van der Waals surface area contributed by atoms with Crippen molar-refractivity contribution in [2.45, 2.75) is 0 Å². The maximum Gasteiger partial charge on any atom is 0.188 e. The number of hydrogen-bond donors (Lipinski definition) is 0. The van der Waals surface area contributed by atoms with Crippen LogP contribution < -0.4 is 0 Å². The van der Waals surface area contributed by atoms with E-state index in [0.717, 1.165) is 82.8 Å². The molecule has 6 nitrogen and oxygen atoms in total. The molecule has 0 aliphatic heterocycles. The van der Waals surface area contributed by atoms with Gasteiger partial charge in [-0.2, -0.15) is 10.5 Å². The van der Waals surface area contributed by atoms with Crippen LogP contribution in [0.2, 0.25) is 0 Å². The van der Waals surface area contributed by atoms with Crippen LogP contribution in [0, 0.1) is 29.2 Å². The minimum absolute atomic E-state index is 0.544. The Labute approximate surface area is 326 Å². The lowest BCUT2D eigenvalue weighted by atomic mass is 10.0. The molecule has 3 aromatic heterocycles. The second kappa shape index (κ2) is 12.3. The van der Waals surface area contributed by atoms with Gasteiger partial charge in [0.1, 0.15) is 0 Å². The van der Waals surface area contributed by atoms with Crippen LogP contribution >= 0.6 is 0 Å². The molecule has 0 bridgehead atoms. The van der Waals surface area contributed by atoms with E-state index >= 15 is 0 Å². The Bertz CT molecular complexity index is 3560. The van der Waals surface area contributed by atoms with Gasteiger partial charge in [-0.1, -0.05) is 84.9 Å². The minimum Gasteiger partial charge on any atom is -0.309 e. The molecule has 11 rings (SSSR count). The molecule has 3 heterocycles. The highest BCUT2D eigenvalue weighted by atomic mass is 15.1. The van der Waals surface area contributed by atoms with Gasteiger partial charge in [-0.15, -0.1) is 0 Å². The first-order valence-corrected chi connectivity index (χ1v) is 18.7. The molecule has 11 aromatic rings. The summed E-state index contributed by atoms with van der Waals surface area (Å²) in [5, 5.41) is 26.9. The first-order valence-electron chi connectivity index (χ1n) is 18.7. The Morgan fingerprint density at radius 2 is 0.982 bits per heavy atom. The molecular formula is C51H28N6. The van der Waals surface area contributed by atoms with Gasteiger partial charge < -0.3 is 13.7 Å². The highest BCUT2D eigenvalue weighted by molar-refractivity contribution is 6.15. The molecule has 0 N–H and O–H groups in total. The Hall–Kier alpha value is -8.37. The summed E-state index contributed by atoms with van der Waals surface area (Å²) in [6.45, 7) is 7.57. The van der Waals surface area contributed by atoms with E-state index in [0.29, 0.717) is 16.8 Å². The molecule has 262 valence electrons. The van der Waals surface area contributed by atoms with Crippen LogP contribution in [0.1, 0.15) is 11.1 Å². The van der Waals surface area contributed by atoms with E-state index in [1.165, 1.54) is 10.8 Å². The van der Waals surface area contributed by atoms with Crippen LogP contribution in [-0.2, 0) is 0 Å². The fourth-order valence-corrected chi connectivity index (χ4v) is 8.83. The van der Waals surface area contributed by atoms with Crippen LogP contribution in [0.4, 0.5) is 5.69 Å². The minimum atomic E-state index is 0.544. The molecular weight excluding hydrogens is 697 g/mol. The number of fused-ring (bicyclic) bond motifs is 9. The van der Waals surface area contributed by atoms with Gasteiger partial charge in [0.15, 0.2) is 5.69 Å². The van der Waals surface area contributed by atoms with Gasteiger partial charge in [-0.3, -0.25) is 0 Å². The number of benzene rings is 8. The number of nitrogens with zero attached hydrogens (tertiary/aromatic N) is 6. The van der Waals surface area contributed by atoms with Crippen molar-refractivity contribution in [1.29, 1.82) is 10.5 Å². The van der Waals surface area contributed by atoms with E-state index < -0.39 is 0 Å². The van der Waals surface area contributed by atoms with E-state index in [1.54, 1.807) is 0 Å². The van der Waals surface area contributed by atoms with Crippen LogP contribution in [0.5, 0.6) is 0 Å². The highest BCUT2D eigenvalue weighted by Gasteiger charge is 2.21. The molecule has 6 heteroatoms. The predicted molar refractivity (Wildman–Crippen MR) is 231 cm³/mol. The molecule has 0 radical (unpaired) electrons. The summed E-state index contributed by atoms with van der Waals surface area (Å²) < 4.78 is 6.82. The molecule has 8 aromatic carbocycles. The van der Waals surface area contributed by atoms with Crippen molar-refractivity contribution < 1.29 is 0 Å². The van der Waals surface area contributed by atoms with Crippen molar-refractivity contribution in [3.8, 4) is 40.3 Å². The van der Waals surface area contributed by atoms with Crippen molar-refractivity contribution in [3.63, 3.8) is 0 Å². The van der Waals surface area contributed by atoms with Crippen LogP contribution in [0.3, 0.4) is 0 Å². The van der Waals surface area contributed by atoms with Crippen molar-refractivity contribution in [2.75, 3.05) is 0 Å². The van der Waals surface area contributed by atoms with Crippen LogP contribution in [0.25, 0.3) is 98.5 Å². The number of nitriles is 2. The third-order valence-corrected chi connectivity index (χ3v) is 11.3. The Morgan fingerprint density at radius 3 is 1.67 bits per heavy atom. The molecule has 0 aliphatic carbocycles. The Kier molecular flexibility index (Phi) is 6.95. The van der Waals surface area contributed by atoms with E-state index in [-0.39, 0.29) is 0 Å². The van der Waals surface area contributed by atoms with Crippen LogP contribution in [0.15, 0.2) is 170 Å². The first kappa shape index (κ1) is 32.1. The lowest BCUT2D eigenvalue weighted by molar-refractivity contribution is 1.13. The molecule has 0 fully saturated rings. The number of rotatable bonds is 4. The predicted octanol–water partition coefficient (Wildman–Crippen LogP) is 12.9. The van der Waals surface area contributed by atoms with Crippen molar-refractivity contribution in [2.24, 2.45) is 0 Å². The summed E-state index contributed by atoms with van der Waals surface area (Å²) in [5.41, 5.74) is 12.7. The van der Waals surface area contributed by atoms with Crippen molar-refractivity contribution >= 4 is 71.1 Å². The molecule has 0 spiro atoms. The van der Waals surface area contributed by atoms with Gasteiger partial charge in [0.25, 0.3) is 0 Å². The molecule has 0 aliphatic rings. The number of para-hydroxylation sites is 4. The smallest absolute Gasteiger partial charge is 0.188 e. The molecule has 0 atom stereocenters. The molecule has 0 saturated heterocycles. The third kappa shape index (κ3) is 4.74. The normalized spacial score (nSPS) is 11.5. The average Bonchev–Trinajstić information content (AvgIpc) is 3.91. The largest absolute Gasteiger partial charge is 0.309 e. The maximum absolute atomic E-state index is 10.5. The van der Waals surface area contributed by atoms with Crippen molar-refractivity contribution in [3.05, 3.63) is 192 Å². The van der Waals surface area contributed by atoms with Gasteiger partial charge in [0.05, 0.1) is 68.6 Å². The summed E-state index contributed by atoms with van der Waals surface area (Å²) in [6, 6.07) is 62.6. The van der Waals surface area contributed by atoms with Crippen LogP contribution in [-0.4, -0.2) is 13.7 Å². The zero-order valence-corrected chi connectivity index (χ0v) is 30.3. The average molecular weight is 725 g/mol. The summed E-state index contributed by atoms with van der Waals surface area (Å²) in [6.07, 6.45) is 0. The second-order valence-corrected chi connectivity index (χ2v) is 14.3. The number of hydrogen-bond acceptors (Lipinski definition) is 2. The monoisotopic (exact) mass is 724 g/mol. The van der Waals surface area contributed by atoms with Gasteiger partial charge in [-0.05, 0) is 101 Å². The number of aromatic nitrogens is 3. The highest BCUT2D eigenvalue weighted by Crippen LogP contribution is 2.41. The lowest BCUT2D eigenvalue weighted by Crippen LogP contribution is -2.01. The second-order valence-electron chi connectivity index (χ2n) is 14.3. The van der Waals surface area contributed by atoms with Gasteiger partial charge >= 0.3 is 0 Å².